The molecular formula is C14H21NO2S. The topological polar surface area (TPSA) is 46.2 Å². The molecule has 0 heterocycles. The zero-order chi connectivity index (χ0) is 13.2. The molecule has 1 atom stereocenters. The number of aryl methyl sites for hydroxylation is 1. The van der Waals surface area contributed by atoms with Crippen molar-refractivity contribution in [2.24, 2.45) is 5.92 Å². The van der Waals surface area contributed by atoms with E-state index in [0.29, 0.717) is 18.5 Å². The molecule has 1 aliphatic carbocycles. The van der Waals surface area contributed by atoms with Crippen LogP contribution in [0.3, 0.4) is 0 Å². The van der Waals surface area contributed by atoms with Gasteiger partial charge in [0.25, 0.3) is 0 Å². The summed E-state index contributed by atoms with van der Waals surface area (Å²) >= 11 is 0. The Morgan fingerprint density at radius 1 is 1.28 bits per heavy atom. The lowest BCUT2D eigenvalue weighted by Gasteiger charge is -2.18. The molecule has 1 N–H and O–H groups in total. The van der Waals surface area contributed by atoms with Gasteiger partial charge in [-0.2, -0.15) is 0 Å². The first-order chi connectivity index (χ1) is 8.46. The van der Waals surface area contributed by atoms with E-state index >= 15 is 0 Å². The smallest absolute Gasteiger partial charge is 0.148 e. The maximum absolute atomic E-state index is 11.1. The second-order valence-corrected chi connectivity index (χ2v) is 7.57. The molecule has 2 rings (SSSR count). The van der Waals surface area contributed by atoms with Crippen LogP contribution in [0, 0.1) is 12.8 Å². The van der Waals surface area contributed by atoms with Crippen molar-refractivity contribution < 1.29 is 8.42 Å². The number of sulfone groups is 1. The minimum Gasteiger partial charge on any atom is -0.309 e. The summed E-state index contributed by atoms with van der Waals surface area (Å²) in [7, 11) is -2.88. The fourth-order valence-electron chi connectivity index (χ4n) is 2.16. The highest BCUT2D eigenvalue weighted by atomic mass is 32.2. The summed E-state index contributed by atoms with van der Waals surface area (Å²) in [4.78, 5) is 0. The first-order valence-electron chi connectivity index (χ1n) is 6.43. The highest BCUT2D eigenvalue weighted by Crippen LogP contribution is 2.40. The van der Waals surface area contributed by atoms with Crippen molar-refractivity contribution in [2.45, 2.75) is 25.8 Å². The van der Waals surface area contributed by atoms with Crippen molar-refractivity contribution in [3.63, 3.8) is 0 Å². The van der Waals surface area contributed by atoms with Gasteiger partial charge in [0, 0.05) is 18.8 Å². The quantitative estimate of drug-likeness (QED) is 0.858. The molecule has 0 saturated heterocycles. The fourth-order valence-corrected chi connectivity index (χ4v) is 2.65. The first-order valence-corrected chi connectivity index (χ1v) is 8.49. The van der Waals surface area contributed by atoms with Crippen LogP contribution in [-0.4, -0.2) is 27.0 Å². The Bertz CT molecular complexity index is 489. The maximum Gasteiger partial charge on any atom is 0.148 e. The molecule has 1 saturated carbocycles. The predicted molar refractivity (Wildman–Crippen MR) is 74.4 cm³/mol. The normalized spacial score (nSPS) is 17.7. The van der Waals surface area contributed by atoms with E-state index in [2.05, 4.69) is 36.5 Å². The van der Waals surface area contributed by atoms with Gasteiger partial charge in [0.15, 0.2) is 0 Å². The summed E-state index contributed by atoms with van der Waals surface area (Å²) in [6.45, 7) is 2.61. The van der Waals surface area contributed by atoms with Crippen LogP contribution in [0.5, 0.6) is 0 Å². The number of rotatable bonds is 6. The fraction of sp³-hybridized carbons (Fsp3) is 0.571. The van der Waals surface area contributed by atoms with Gasteiger partial charge in [-0.05, 0) is 31.2 Å². The van der Waals surface area contributed by atoms with Gasteiger partial charge in [-0.3, -0.25) is 0 Å². The summed E-state index contributed by atoms with van der Waals surface area (Å²) in [5.41, 5.74) is 2.53. The molecule has 18 heavy (non-hydrogen) atoms. The largest absolute Gasteiger partial charge is 0.309 e. The van der Waals surface area contributed by atoms with Crippen LogP contribution in [0.1, 0.15) is 30.0 Å². The molecule has 0 aliphatic heterocycles. The highest BCUT2D eigenvalue weighted by Gasteiger charge is 2.31. The lowest BCUT2D eigenvalue weighted by Crippen LogP contribution is -2.28. The average molecular weight is 267 g/mol. The van der Waals surface area contributed by atoms with E-state index in [1.807, 2.05) is 0 Å². The van der Waals surface area contributed by atoms with Gasteiger partial charge >= 0.3 is 0 Å². The molecule has 100 valence electrons. The van der Waals surface area contributed by atoms with E-state index in [0.717, 1.165) is 0 Å². The van der Waals surface area contributed by atoms with Crippen LogP contribution in [0.15, 0.2) is 24.3 Å². The summed E-state index contributed by atoms with van der Waals surface area (Å²) in [5, 5.41) is 3.39. The molecule has 0 bridgehead atoms. The molecule has 0 radical (unpaired) electrons. The monoisotopic (exact) mass is 267 g/mol. The summed E-state index contributed by atoms with van der Waals surface area (Å²) in [5.74, 6) is 0.884. The van der Waals surface area contributed by atoms with E-state index in [1.54, 1.807) is 0 Å². The summed E-state index contributed by atoms with van der Waals surface area (Å²) < 4.78 is 22.3. The molecule has 3 nitrogen and oxygen atoms in total. The summed E-state index contributed by atoms with van der Waals surface area (Å²) in [6, 6.07) is 8.83. The van der Waals surface area contributed by atoms with Crippen LogP contribution in [0.2, 0.25) is 0 Å². The second-order valence-electron chi connectivity index (χ2n) is 5.31. The molecule has 1 unspecified atom stereocenters. The van der Waals surface area contributed by atoms with E-state index in [9.17, 15) is 8.42 Å². The lowest BCUT2D eigenvalue weighted by molar-refractivity contribution is 0.494. The predicted octanol–water partition coefficient (Wildman–Crippen LogP) is 2.08. The van der Waals surface area contributed by atoms with Crippen molar-refractivity contribution in [1.29, 1.82) is 0 Å². The molecule has 1 aromatic carbocycles. The van der Waals surface area contributed by atoms with Gasteiger partial charge in [0.1, 0.15) is 9.84 Å². The Morgan fingerprint density at radius 2 is 1.89 bits per heavy atom. The molecular weight excluding hydrogens is 246 g/mol. The standard InChI is InChI=1S/C14H21NO2S/c1-11-3-5-12(6-4-11)14(13-7-8-13)15-9-10-18(2,16)17/h3-6,13-15H,7-10H2,1-2H3. The Balaban J connectivity index is 1.98. The number of benzene rings is 1. The Labute approximate surface area is 110 Å². The minimum atomic E-state index is -2.88. The van der Waals surface area contributed by atoms with Crippen molar-refractivity contribution in [3.05, 3.63) is 35.4 Å². The SMILES string of the molecule is Cc1ccc(C(NCCS(C)(=O)=O)C2CC2)cc1. The molecule has 0 amide bonds. The number of hydrogen-bond acceptors (Lipinski definition) is 3. The Kier molecular flexibility index (Phi) is 4.07. The van der Waals surface area contributed by atoms with E-state index in [4.69, 9.17) is 0 Å². The molecule has 0 aromatic heterocycles. The third-order valence-corrected chi connectivity index (χ3v) is 4.31. The van der Waals surface area contributed by atoms with E-state index < -0.39 is 9.84 Å². The van der Waals surface area contributed by atoms with Gasteiger partial charge in [0.2, 0.25) is 0 Å². The Morgan fingerprint density at radius 3 is 2.39 bits per heavy atom. The lowest BCUT2D eigenvalue weighted by atomic mass is 10.0. The first kappa shape index (κ1) is 13.6. The minimum absolute atomic E-state index is 0.210. The van der Waals surface area contributed by atoms with Crippen molar-refractivity contribution in [3.8, 4) is 0 Å². The van der Waals surface area contributed by atoms with Gasteiger partial charge < -0.3 is 5.32 Å². The van der Waals surface area contributed by atoms with Gasteiger partial charge in [-0.15, -0.1) is 0 Å². The van der Waals surface area contributed by atoms with Gasteiger partial charge in [-0.25, -0.2) is 8.42 Å². The van der Waals surface area contributed by atoms with E-state index in [1.165, 1.54) is 30.2 Å². The van der Waals surface area contributed by atoms with Crippen LogP contribution in [-0.2, 0) is 9.84 Å². The zero-order valence-corrected chi connectivity index (χ0v) is 11.8. The maximum atomic E-state index is 11.1. The van der Waals surface area contributed by atoms with Crippen LogP contribution >= 0.6 is 0 Å². The third-order valence-electron chi connectivity index (χ3n) is 3.37. The van der Waals surface area contributed by atoms with Crippen molar-refractivity contribution in [1.82, 2.24) is 5.32 Å². The average Bonchev–Trinajstić information content (AvgIpc) is 3.08. The van der Waals surface area contributed by atoms with Gasteiger partial charge in [-0.1, -0.05) is 29.8 Å². The van der Waals surface area contributed by atoms with Crippen molar-refractivity contribution in [2.75, 3.05) is 18.6 Å². The van der Waals surface area contributed by atoms with Crippen LogP contribution in [0.4, 0.5) is 0 Å². The molecule has 1 aliphatic rings. The van der Waals surface area contributed by atoms with E-state index in [-0.39, 0.29) is 5.75 Å². The number of hydrogen-bond donors (Lipinski definition) is 1. The second kappa shape index (κ2) is 5.41. The Hall–Kier alpha value is -0.870. The number of nitrogens with one attached hydrogen (secondary N) is 1. The molecule has 0 spiro atoms. The van der Waals surface area contributed by atoms with Crippen LogP contribution in [0.25, 0.3) is 0 Å². The van der Waals surface area contributed by atoms with Gasteiger partial charge in [0.05, 0.1) is 5.75 Å². The molecule has 4 heteroatoms. The zero-order valence-electron chi connectivity index (χ0n) is 11.0. The molecule has 1 fully saturated rings. The third kappa shape index (κ3) is 4.10. The highest BCUT2D eigenvalue weighted by molar-refractivity contribution is 7.90. The molecule has 1 aromatic rings. The summed E-state index contributed by atoms with van der Waals surface area (Å²) in [6.07, 6.45) is 3.77. The van der Waals surface area contributed by atoms with Crippen LogP contribution < -0.4 is 5.32 Å². The van der Waals surface area contributed by atoms with Crippen molar-refractivity contribution >= 4 is 9.84 Å².